The highest BCUT2D eigenvalue weighted by Crippen LogP contribution is 2.40. The van der Waals surface area contributed by atoms with Crippen LogP contribution in [0.15, 0.2) is 60.7 Å². The van der Waals surface area contributed by atoms with Gasteiger partial charge in [-0.1, -0.05) is 81.4 Å². The number of alkyl halides is 1. The van der Waals surface area contributed by atoms with E-state index in [9.17, 15) is 4.79 Å². The fraction of sp³-hybridized carbons (Fsp3) is 0.556. The molecule has 10 nitrogen and oxygen atoms in total. The first-order chi connectivity index (χ1) is 23.0. The van der Waals surface area contributed by atoms with Gasteiger partial charge >= 0.3 is 12.1 Å². The minimum Gasteiger partial charge on any atom is -0.458 e. The zero-order valence-corrected chi connectivity index (χ0v) is 31.5. The molecule has 2 aromatic carbocycles. The molecular weight excluding hydrogens is 665 g/mol. The molecule has 1 unspecified atom stereocenters. The minimum absolute atomic E-state index is 0.0643. The summed E-state index contributed by atoms with van der Waals surface area (Å²) in [6, 6.07) is 20.0. The van der Waals surface area contributed by atoms with Crippen molar-refractivity contribution in [3.63, 3.8) is 0 Å². The lowest BCUT2D eigenvalue weighted by molar-refractivity contribution is -0.000412. The molecule has 4 atom stereocenters. The van der Waals surface area contributed by atoms with Crippen molar-refractivity contribution in [3.05, 3.63) is 65.9 Å². The van der Waals surface area contributed by atoms with Crippen molar-refractivity contribution in [1.29, 1.82) is 0 Å². The molecule has 5 rings (SSSR count). The molecular formula is C36H49ClFN5O5Si. The summed E-state index contributed by atoms with van der Waals surface area (Å²) in [6.45, 7) is 17.6. The summed E-state index contributed by atoms with van der Waals surface area (Å²) in [4.78, 5) is 29.6. The second-order valence-electron chi connectivity index (χ2n) is 15.2. The van der Waals surface area contributed by atoms with Crippen molar-refractivity contribution < 1.29 is 27.8 Å². The van der Waals surface area contributed by atoms with E-state index < -0.39 is 43.9 Å². The number of hydrogen-bond acceptors (Lipinski definition) is 9. The molecule has 0 radical (unpaired) electrons. The van der Waals surface area contributed by atoms with Gasteiger partial charge in [-0.05, 0) is 68.1 Å². The summed E-state index contributed by atoms with van der Waals surface area (Å²) in [7, 11) is -2.95. The van der Waals surface area contributed by atoms with Crippen LogP contribution in [0.1, 0.15) is 61.8 Å². The van der Waals surface area contributed by atoms with Crippen molar-refractivity contribution in [2.45, 2.75) is 96.4 Å². The van der Waals surface area contributed by atoms with Crippen LogP contribution in [0.2, 0.25) is 10.3 Å². The molecule has 3 aromatic rings. The molecule has 0 aliphatic carbocycles. The molecule has 0 bridgehead atoms. The lowest BCUT2D eigenvalue weighted by Crippen LogP contribution is -2.70. The summed E-state index contributed by atoms with van der Waals surface area (Å²) < 4.78 is 40.6. The second kappa shape index (κ2) is 14.5. The van der Waals surface area contributed by atoms with Gasteiger partial charge in [0.1, 0.15) is 23.9 Å². The summed E-state index contributed by atoms with van der Waals surface area (Å²) in [5.41, 5.74) is -1.50. The monoisotopic (exact) mass is 713 g/mol. The Hall–Kier alpha value is -3.32. The van der Waals surface area contributed by atoms with Gasteiger partial charge in [0.2, 0.25) is 11.2 Å². The maximum atomic E-state index is 15.2. The van der Waals surface area contributed by atoms with E-state index in [1.54, 1.807) is 27.7 Å². The topological polar surface area (TPSA) is 99.1 Å². The van der Waals surface area contributed by atoms with Gasteiger partial charge in [-0.15, -0.1) is 0 Å². The quantitative estimate of drug-likeness (QED) is 0.268. The van der Waals surface area contributed by atoms with Crippen LogP contribution in [0.4, 0.5) is 15.1 Å². The minimum atomic E-state index is -2.95. The molecule has 0 spiro atoms. The fourth-order valence-electron chi connectivity index (χ4n) is 6.85. The standard InChI is InChI=1S/C36H49ClFN5O5Si/c1-25(29-28(38)19-20-43(29)33(44)47-34(2,3)4)46-32-40-30(37)39-31(41-32)42-21-22-45-24-36(8,23-42)48-49(35(5,6)7,26-15-11-9-12-16-26)27-17-13-10-14-18-27/h9-18,25,28-29H,19-24H2,1-8H3/t25?,28-,29-,36+/m1/s1. The normalized spacial score (nSPS) is 22.8. The number of rotatable bonds is 8. The van der Waals surface area contributed by atoms with E-state index in [0.29, 0.717) is 26.3 Å². The maximum Gasteiger partial charge on any atom is 0.410 e. The van der Waals surface area contributed by atoms with Crippen LogP contribution in [-0.4, -0.2) is 96.6 Å². The van der Waals surface area contributed by atoms with Gasteiger partial charge in [-0.2, -0.15) is 15.0 Å². The Morgan fingerprint density at radius 2 is 1.61 bits per heavy atom. The highest BCUT2D eigenvalue weighted by molar-refractivity contribution is 6.99. The van der Waals surface area contributed by atoms with Crippen LogP contribution < -0.4 is 20.0 Å². The van der Waals surface area contributed by atoms with Gasteiger partial charge in [-0.25, -0.2) is 9.18 Å². The summed E-state index contributed by atoms with van der Waals surface area (Å²) in [5, 5.41) is 2.01. The Kier molecular flexibility index (Phi) is 10.9. The molecule has 0 saturated carbocycles. The zero-order valence-electron chi connectivity index (χ0n) is 29.8. The number of anilines is 1. The Morgan fingerprint density at radius 1 is 1.00 bits per heavy atom. The van der Waals surface area contributed by atoms with Crippen LogP contribution in [0.3, 0.4) is 0 Å². The summed E-state index contributed by atoms with van der Waals surface area (Å²) in [5.74, 6) is 0.289. The van der Waals surface area contributed by atoms with E-state index >= 15 is 4.39 Å². The first-order valence-corrected chi connectivity index (χ1v) is 19.2. The van der Waals surface area contributed by atoms with Gasteiger partial charge in [0, 0.05) is 13.1 Å². The lowest BCUT2D eigenvalue weighted by Gasteiger charge is -2.48. The van der Waals surface area contributed by atoms with E-state index in [1.165, 1.54) is 4.90 Å². The number of likely N-dealkylation sites (tertiary alicyclic amines) is 1. The molecule has 2 aliphatic rings. The van der Waals surface area contributed by atoms with Crippen molar-refractivity contribution in [2.75, 3.05) is 37.7 Å². The molecule has 1 amide bonds. The van der Waals surface area contributed by atoms with Crippen molar-refractivity contribution >= 4 is 42.3 Å². The molecule has 2 saturated heterocycles. The van der Waals surface area contributed by atoms with Crippen LogP contribution in [0.5, 0.6) is 6.01 Å². The fourth-order valence-corrected chi connectivity index (χ4v) is 11.8. The molecule has 13 heteroatoms. The Balaban J connectivity index is 1.43. The molecule has 266 valence electrons. The van der Waals surface area contributed by atoms with E-state index in [2.05, 4.69) is 91.2 Å². The highest BCUT2D eigenvalue weighted by atomic mass is 35.5. The van der Waals surface area contributed by atoms with Crippen LogP contribution in [-0.2, 0) is 13.9 Å². The number of carbonyl (C=O) groups excluding carboxylic acids is 1. The number of halogens is 2. The van der Waals surface area contributed by atoms with Gasteiger partial charge in [0.05, 0.1) is 25.4 Å². The van der Waals surface area contributed by atoms with Gasteiger partial charge in [0.15, 0.2) is 0 Å². The number of aromatic nitrogens is 3. The molecule has 0 N–H and O–H groups in total. The Labute approximate surface area is 295 Å². The molecule has 1 aromatic heterocycles. The van der Waals surface area contributed by atoms with Gasteiger partial charge < -0.3 is 23.5 Å². The first kappa shape index (κ1) is 36.9. The number of benzene rings is 2. The smallest absolute Gasteiger partial charge is 0.410 e. The third-order valence-corrected chi connectivity index (χ3v) is 14.3. The third-order valence-electron chi connectivity index (χ3n) is 8.89. The molecule has 2 fully saturated rings. The van der Waals surface area contributed by atoms with E-state index in [0.717, 1.165) is 10.4 Å². The van der Waals surface area contributed by atoms with Crippen LogP contribution >= 0.6 is 11.6 Å². The number of amides is 1. The number of ether oxygens (including phenoxy) is 3. The average molecular weight is 714 g/mol. The van der Waals surface area contributed by atoms with E-state index in [4.69, 9.17) is 30.2 Å². The number of nitrogens with zero attached hydrogens (tertiary/aromatic N) is 5. The molecule has 2 aliphatic heterocycles. The zero-order chi connectivity index (χ0) is 35.6. The Morgan fingerprint density at radius 3 is 2.18 bits per heavy atom. The summed E-state index contributed by atoms with van der Waals surface area (Å²) >= 11 is 6.45. The predicted octanol–water partition coefficient (Wildman–Crippen LogP) is 5.81. The SMILES string of the molecule is CC(Oc1nc(Cl)nc(N2CCOC[C@@](C)(O[Si](c3ccccc3)(c3ccccc3)C(C)(C)C)C2)n1)[C@@H]1[C@H](F)CCN1C(=O)OC(C)(C)C. The van der Waals surface area contributed by atoms with E-state index in [1.807, 2.05) is 17.0 Å². The van der Waals surface area contributed by atoms with Crippen LogP contribution in [0.25, 0.3) is 0 Å². The third kappa shape index (κ3) is 8.36. The van der Waals surface area contributed by atoms with E-state index in [-0.39, 0.29) is 35.2 Å². The van der Waals surface area contributed by atoms with Crippen molar-refractivity contribution in [2.24, 2.45) is 0 Å². The number of carbonyl (C=O) groups is 1. The Bertz CT molecular complexity index is 1540. The average Bonchev–Trinajstić information content (AvgIpc) is 3.31. The van der Waals surface area contributed by atoms with Gasteiger partial charge in [-0.3, -0.25) is 4.90 Å². The number of hydrogen-bond donors (Lipinski definition) is 0. The highest BCUT2D eigenvalue weighted by Gasteiger charge is 2.54. The first-order valence-electron chi connectivity index (χ1n) is 16.9. The molecule has 3 heterocycles. The predicted molar refractivity (Wildman–Crippen MR) is 191 cm³/mol. The largest absolute Gasteiger partial charge is 0.458 e. The summed E-state index contributed by atoms with van der Waals surface area (Å²) in [6.07, 6.45) is -2.51. The van der Waals surface area contributed by atoms with Crippen molar-refractivity contribution in [1.82, 2.24) is 19.9 Å². The maximum absolute atomic E-state index is 15.2. The molecule has 49 heavy (non-hydrogen) atoms. The van der Waals surface area contributed by atoms with Crippen LogP contribution in [0, 0.1) is 0 Å². The lowest BCUT2D eigenvalue weighted by atomic mass is 10.1. The second-order valence-corrected chi connectivity index (χ2v) is 19.7. The van der Waals surface area contributed by atoms with Gasteiger partial charge in [0.25, 0.3) is 8.32 Å². The van der Waals surface area contributed by atoms with Crippen molar-refractivity contribution in [3.8, 4) is 6.01 Å².